The van der Waals surface area contributed by atoms with Gasteiger partial charge in [-0.3, -0.25) is 9.59 Å². The first-order valence-electron chi connectivity index (χ1n) is 10.6. The standard InChI is InChI=1S/C27H23FN2O4/c1-33-24-13-9-22(10-14-24)29-26(31)17-19-7-11-23(12-8-19)30(27(32)25-6-3-15-34-25)18-20-4-2-5-21(28)16-20/h2-16H,17-18H2,1H3,(H,29,31). The molecule has 6 nitrogen and oxygen atoms in total. The maximum Gasteiger partial charge on any atom is 0.294 e. The van der Waals surface area contributed by atoms with Gasteiger partial charge in [-0.05, 0) is 71.8 Å². The first kappa shape index (κ1) is 22.8. The molecule has 0 aliphatic carbocycles. The van der Waals surface area contributed by atoms with Crippen molar-refractivity contribution in [1.29, 1.82) is 0 Å². The van der Waals surface area contributed by atoms with Crippen LogP contribution in [-0.2, 0) is 17.8 Å². The zero-order chi connectivity index (χ0) is 23.9. The smallest absolute Gasteiger partial charge is 0.294 e. The summed E-state index contributed by atoms with van der Waals surface area (Å²) in [6.45, 7) is 0.161. The molecule has 0 fully saturated rings. The Morgan fingerprint density at radius 3 is 2.35 bits per heavy atom. The van der Waals surface area contributed by atoms with Gasteiger partial charge in [-0.1, -0.05) is 24.3 Å². The number of methoxy groups -OCH3 is 1. The molecule has 4 aromatic rings. The molecule has 0 saturated carbocycles. The zero-order valence-corrected chi connectivity index (χ0v) is 18.5. The first-order chi connectivity index (χ1) is 16.5. The van der Waals surface area contributed by atoms with Gasteiger partial charge >= 0.3 is 0 Å². The molecule has 172 valence electrons. The van der Waals surface area contributed by atoms with E-state index in [9.17, 15) is 14.0 Å². The summed E-state index contributed by atoms with van der Waals surface area (Å²) in [4.78, 5) is 27.0. The lowest BCUT2D eigenvalue weighted by Crippen LogP contribution is -2.30. The number of amides is 2. The predicted octanol–water partition coefficient (Wildman–Crippen LogP) is 5.46. The van der Waals surface area contributed by atoms with Crippen molar-refractivity contribution in [2.24, 2.45) is 0 Å². The van der Waals surface area contributed by atoms with Crippen molar-refractivity contribution in [2.75, 3.05) is 17.3 Å². The summed E-state index contributed by atoms with van der Waals surface area (Å²) in [5.41, 5.74) is 2.70. The van der Waals surface area contributed by atoms with E-state index in [-0.39, 0.29) is 36.4 Å². The van der Waals surface area contributed by atoms with E-state index in [1.807, 2.05) is 0 Å². The summed E-state index contributed by atoms with van der Waals surface area (Å²) in [5, 5.41) is 2.85. The minimum absolute atomic E-state index is 0.161. The molecule has 0 bridgehead atoms. The van der Waals surface area contributed by atoms with Crippen LogP contribution in [0.1, 0.15) is 21.7 Å². The molecule has 1 N–H and O–H groups in total. The number of rotatable bonds is 8. The van der Waals surface area contributed by atoms with Crippen LogP contribution in [0.4, 0.5) is 15.8 Å². The molecular formula is C27H23FN2O4. The van der Waals surface area contributed by atoms with Gasteiger partial charge in [0.15, 0.2) is 5.76 Å². The van der Waals surface area contributed by atoms with E-state index in [1.165, 1.54) is 23.3 Å². The summed E-state index contributed by atoms with van der Waals surface area (Å²) in [6, 6.07) is 23.5. The van der Waals surface area contributed by atoms with Crippen LogP contribution in [0, 0.1) is 5.82 Å². The fraction of sp³-hybridized carbons (Fsp3) is 0.111. The van der Waals surface area contributed by atoms with E-state index in [4.69, 9.17) is 9.15 Å². The van der Waals surface area contributed by atoms with E-state index >= 15 is 0 Å². The maximum atomic E-state index is 13.7. The number of anilines is 2. The fourth-order valence-electron chi connectivity index (χ4n) is 3.49. The average Bonchev–Trinajstić information content (AvgIpc) is 3.38. The maximum absolute atomic E-state index is 13.7. The Kier molecular flexibility index (Phi) is 7.03. The van der Waals surface area contributed by atoms with Crippen LogP contribution >= 0.6 is 0 Å². The number of nitrogens with one attached hydrogen (secondary N) is 1. The number of hydrogen-bond acceptors (Lipinski definition) is 4. The highest BCUT2D eigenvalue weighted by atomic mass is 19.1. The summed E-state index contributed by atoms with van der Waals surface area (Å²) in [7, 11) is 1.58. The van der Waals surface area contributed by atoms with Crippen molar-refractivity contribution >= 4 is 23.2 Å². The second kappa shape index (κ2) is 10.5. The monoisotopic (exact) mass is 458 g/mol. The number of furan rings is 1. The fourth-order valence-corrected chi connectivity index (χ4v) is 3.49. The number of nitrogens with zero attached hydrogens (tertiary/aromatic N) is 1. The lowest BCUT2D eigenvalue weighted by Gasteiger charge is -2.22. The molecule has 0 unspecified atom stereocenters. The Balaban J connectivity index is 1.48. The number of hydrogen-bond donors (Lipinski definition) is 1. The molecule has 0 atom stereocenters. The molecule has 2 amide bonds. The molecule has 0 radical (unpaired) electrons. The third-order valence-corrected chi connectivity index (χ3v) is 5.19. The van der Waals surface area contributed by atoms with Crippen LogP contribution in [0.2, 0.25) is 0 Å². The molecule has 0 spiro atoms. The Bertz CT molecular complexity index is 1250. The highest BCUT2D eigenvalue weighted by Crippen LogP contribution is 2.22. The Hall–Kier alpha value is -4.39. The number of carbonyl (C=O) groups is 2. The van der Waals surface area contributed by atoms with E-state index in [0.717, 1.165) is 5.56 Å². The summed E-state index contributed by atoms with van der Waals surface area (Å²) >= 11 is 0. The van der Waals surface area contributed by atoms with Crippen molar-refractivity contribution < 1.29 is 23.1 Å². The largest absolute Gasteiger partial charge is 0.497 e. The van der Waals surface area contributed by atoms with Gasteiger partial charge in [-0.15, -0.1) is 0 Å². The number of ether oxygens (including phenoxy) is 1. The van der Waals surface area contributed by atoms with Gasteiger partial charge in [0, 0.05) is 11.4 Å². The topological polar surface area (TPSA) is 71.8 Å². The van der Waals surface area contributed by atoms with Gasteiger partial charge in [-0.2, -0.15) is 0 Å². The van der Waals surface area contributed by atoms with Gasteiger partial charge < -0.3 is 19.4 Å². The molecule has 0 saturated heterocycles. The Morgan fingerprint density at radius 2 is 1.71 bits per heavy atom. The van der Waals surface area contributed by atoms with Gasteiger partial charge in [0.2, 0.25) is 5.91 Å². The third-order valence-electron chi connectivity index (χ3n) is 5.19. The van der Waals surface area contributed by atoms with Crippen LogP contribution < -0.4 is 15.0 Å². The number of benzene rings is 3. The molecule has 1 heterocycles. The molecule has 0 aliphatic heterocycles. The zero-order valence-electron chi connectivity index (χ0n) is 18.5. The van der Waals surface area contributed by atoms with E-state index < -0.39 is 0 Å². The van der Waals surface area contributed by atoms with Crippen molar-refractivity contribution in [3.63, 3.8) is 0 Å². The van der Waals surface area contributed by atoms with Gasteiger partial charge in [0.25, 0.3) is 5.91 Å². The highest BCUT2D eigenvalue weighted by Gasteiger charge is 2.21. The first-order valence-corrected chi connectivity index (χ1v) is 10.6. The van der Waals surface area contributed by atoms with Crippen LogP contribution in [0.3, 0.4) is 0 Å². The normalized spacial score (nSPS) is 10.5. The molecule has 1 aromatic heterocycles. The van der Waals surface area contributed by atoms with E-state index in [2.05, 4.69) is 5.32 Å². The van der Waals surface area contributed by atoms with Crippen LogP contribution in [0.5, 0.6) is 5.75 Å². The van der Waals surface area contributed by atoms with E-state index in [0.29, 0.717) is 22.7 Å². The second-order valence-corrected chi connectivity index (χ2v) is 7.62. The predicted molar refractivity (Wildman–Crippen MR) is 127 cm³/mol. The minimum atomic E-state index is -0.374. The number of halogens is 1. The lowest BCUT2D eigenvalue weighted by molar-refractivity contribution is -0.115. The van der Waals surface area contributed by atoms with Crippen LogP contribution in [0.15, 0.2) is 95.6 Å². The number of carbonyl (C=O) groups excluding carboxylic acids is 2. The van der Waals surface area contributed by atoms with Crippen LogP contribution in [-0.4, -0.2) is 18.9 Å². The molecule has 4 rings (SSSR count). The second-order valence-electron chi connectivity index (χ2n) is 7.62. The summed E-state index contributed by atoms with van der Waals surface area (Å²) < 4.78 is 24.1. The van der Waals surface area contributed by atoms with Gasteiger partial charge in [0.05, 0.1) is 26.3 Å². The minimum Gasteiger partial charge on any atom is -0.497 e. The van der Waals surface area contributed by atoms with E-state index in [1.54, 1.807) is 79.9 Å². The molecule has 34 heavy (non-hydrogen) atoms. The molecule has 7 heteroatoms. The quantitative estimate of drug-likeness (QED) is 0.381. The summed E-state index contributed by atoms with van der Waals surface area (Å²) in [5.74, 6) is 0.00130. The Morgan fingerprint density at radius 1 is 0.941 bits per heavy atom. The van der Waals surface area contributed by atoms with Crippen molar-refractivity contribution in [2.45, 2.75) is 13.0 Å². The SMILES string of the molecule is COc1ccc(NC(=O)Cc2ccc(N(Cc3cccc(F)c3)C(=O)c3ccco3)cc2)cc1. The van der Waals surface area contributed by atoms with Crippen LogP contribution in [0.25, 0.3) is 0 Å². The van der Waals surface area contributed by atoms with Gasteiger partial charge in [0.1, 0.15) is 11.6 Å². The van der Waals surface area contributed by atoms with Crippen molar-refractivity contribution in [3.8, 4) is 5.75 Å². The Labute approximate surface area is 196 Å². The third kappa shape index (κ3) is 5.69. The van der Waals surface area contributed by atoms with Gasteiger partial charge in [-0.25, -0.2) is 4.39 Å². The molecular weight excluding hydrogens is 435 g/mol. The lowest BCUT2D eigenvalue weighted by atomic mass is 10.1. The summed E-state index contributed by atoms with van der Waals surface area (Å²) in [6.07, 6.45) is 1.60. The van der Waals surface area contributed by atoms with Crippen molar-refractivity contribution in [1.82, 2.24) is 0 Å². The molecule has 0 aliphatic rings. The van der Waals surface area contributed by atoms with Crippen molar-refractivity contribution in [3.05, 3.63) is 114 Å². The highest BCUT2D eigenvalue weighted by molar-refractivity contribution is 6.04. The average molecular weight is 458 g/mol. The molecule has 3 aromatic carbocycles.